The highest BCUT2D eigenvalue weighted by atomic mass is 32.2. The van der Waals surface area contributed by atoms with Crippen LogP contribution in [0.25, 0.3) is 17.1 Å². The summed E-state index contributed by atoms with van der Waals surface area (Å²) in [5, 5.41) is 9.48. The van der Waals surface area contributed by atoms with Gasteiger partial charge in [0.15, 0.2) is 11.0 Å². The summed E-state index contributed by atoms with van der Waals surface area (Å²) in [6.07, 6.45) is 5.10. The average Bonchev–Trinajstić information content (AvgIpc) is 3.42. The van der Waals surface area contributed by atoms with Crippen molar-refractivity contribution < 1.29 is 9.21 Å². The van der Waals surface area contributed by atoms with Gasteiger partial charge in [-0.15, -0.1) is 10.2 Å². The van der Waals surface area contributed by atoms with Crippen LogP contribution in [0.2, 0.25) is 0 Å². The van der Waals surface area contributed by atoms with Crippen LogP contribution in [-0.4, -0.2) is 43.4 Å². The molecule has 31 heavy (non-hydrogen) atoms. The molecule has 4 rings (SSSR count). The van der Waals surface area contributed by atoms with E-state index in [-0.39, 0.29) is 11.7 Å². The van der Waals surface area contributed by atoms with Crippen LogP contribution in [0.5, 0.6) is 0 Å². The number of amides is 1. The van der Waals surface area contributed by atoms with E-state index in [1.807, 2.05) is 28.8 Å². The Morgan fingerprint density at radius 1 is 1.16 bits per heavy atom. The fourth-order valence-corrected chi connectivity index (χ4v) is 4.17. The molecule has 0 bridgehead atoms. The van der Waals surface area contributed by atoms with Gasteiger partial charge >= 0.3 is 0 Å². The molecule has 1 amide bonds. The summed E-state index contributed by atoms with van der Waals surface area (Å²) in [6, 6.07) is 13.7. The number of aromatic nitrogens is 4. The van der Waals surface area contributed by atoms with E-state index in [1.54, 1.807) is 30.6 Å². The maximum Gasteiger partial charge on any atom is 0.233 e. The van der Waals surface area contributed by atoms with Gasteiger partial charge in [0.1, 0.15) is 5.76 Å². The molecule has 0 fully saturated rings. The Morgan fingerprint density at radius 3 is 2.74 bits per heavy atom. The second-order valence-electron chi connectivity index (χ2n) is 7.29. The highest BCUT2D eigenvalue weighted by molar-refractivity contribution is 7.99. The van der Waals surface area contributed by atoms with E-state index in [2.05, 4.69) is 47.2 Å². The summed E-state index contributed by atoms with van der Waals surface area (Å²) in [5.41, 5.74) is 4.13. The molecule has 0 N–H and O–H groups in total. The van der Waals surface area contributed by atoms with Crippen LogP contribution in [-0.2, 0) is 11.3 Å². The number of pyridine rings is 1. The Labute approximate surface area is 185 Å². The second-order valence-corrected chi connectivity index (χ2v) is 8.23. The monoisotopic (exact) mass is 433 g/mol. The molecule has 0 aliphatic rings. The standard InChI is InChI=1S/C23H23N5O2S/c1-16-8-9-20(17(2)12-16)28-22(18-6-4-10-24-13-18)25-26-23(28)31-15-21(29)27(3)14-19-7-5-11-30-19/h4-13H,14-15H2,1-3H3. The molecule has 0 atom stereocenters. The Kier molecular flexibility index (Phi) is 6.18. The number of hydrogen-bond donors (Lipinski definition) is 0. The third kappa shape index (κ3) is 4.69. The van der Waals surface area contributed by atoms with E-state index in [0.717, 1.165) is 22.6 Å². The van der Waals surface area contributed by atoms with Crippen molar-refractivity contribution >= 4 is 17.7 Å². The first-order valence-electron chi connectivity index (χ1n) is 9.85. The highest BCUT2D eigenvalue weighted by Crippen LogP contribution is 2.29. The predicted molar refractivity (Wildman–Crippen MR) is 120 cm³/mol. The van der Waals surface area contributed by atoms with Crippen LogP contribution in [0.4, 0.5) is 0 Å². The number of nitrogens with zero attached hydrogens (tertiary/aromatic N) is 5. The summed E-state index contributed by atoms with van der Waals surface area (Å²) in [4.78, 5) is 18.5. The molecular formula is C23H23N5O2S. The molecule has 0 unspecified atom stereocenters. The lowest BCUT2D eigenvalue weighted by atomic mass is 10.1. The Balaban J connectivity index is 1.61. The first-order chi connectivity index (χ1) is 15.0. The third-order valence-corrected chi connectivity index (χ3v) is 5.78. The van der Waals surface area contributed by atoms with Crippen molar-refractivity contribution in [3.63, 3.8) is 0 Å². The quantitative estimate of drug-likeness (QED) is 0.405. The number of carbonyl (C=O) groups excluding carboxylic acids is 1. The van der Waals surface area contributed by atoms with Gasteiger partial charge in [0.05, 0.1) is 24.2 Å². The van der Waals surface area contributed by atoms with E-state index < -0.39 is 0 Å². The smallest absolute Gasteiger partial charge is 0.233 e. The largest absolute Gasteiger partial charge is 0.467 e. The van der Waals surface area contributed by atoms with Crippen molar-refractivity contribution in [2.75, 3.05) is 12.8 Å². The van der Waals surface area contributed by atoms with Gasteiger partial charge in [0.2, 0.25) is 5.91 Å². The van der Waals surface area contributed by atoms with Crippen molar-refractivity contribution in [3.05, 3.63) is 78.0 Å². The third-order valence-electron chi connectivity index (χ3n) is 4.87. The Morgan fingerprint density at radius 2 is 2.03 bits per heavy atom. The number of rotatable bonds is 7. The zero-order valence-corrected chi connectivity index (χ0v) is 18.5. The maximum atomic E-state index is 12.7. The van der Waals surface area contributed by atoms with Gasteiger partial charge in [-0.05, 0) is 49.7 Å². The van der Waals surface area contributed by atoms with Gasteiger partial charge in [-0.2, -0.15) is 0 Å². The molecule has 3 aromatic heterocycles. The molecule has 3 heterocycles. The zero-order chi connectivity index (χ0) is 21.8. The lowest BCUT2D eigenvalue weighted by Gasteiger charge is -2.16. The minimum absolute atomic E-state index is 0.0143. The van der Waals surface area contributed by atoms with Gasteiger partial charge in [-0.1, -0.05) is 29.5 Å². The average molecular weight is 434 g/mol. The topological polar surface area (TPSA) is 77.0 Å². The molecule has 158 valence electrons. The molecule has 0 aliphatic carbocycles. The van der Waals surface area contributed by atoms with Crippen LogP contribution in [0, 0.1) is 13.8 Å². The normalized spacial score (nSPS) is 10.9. The van der Waals surface area contributed by atoms with E-state index in [0.29, 0.717) is 17.5 Å². The number of benzene rings is 1. The van der Waals surface area contributed by atoms with Crippen LogP contribution >= 0.6 is 11.8 Å². The van der Waals surface area contributed by atoms with Crippen molar-refractivity contribution in [2.45, 2.75) is 25.5 Å². The van der Waals surface area contributed by atoms with Crippen LogP contribution in [0.3, 0.4) is 0 Å². The second kappa shape index (κ2) is 9.18. The molecule has 8 heteroatoms. The van der Waals surface area contributed by atoms with Crippen molar-refractivity contribution in [2.24, 2.45) is 0 Å². The predicted octanol–water partition coefficient (Wildman–Crippen LogP) is 4.29. The Bertz CT molecular complexity index is 1170. The van der Waals surface area contributed by atoms with Crippen molar-refractivity contribution in [3.8, 4) is 17.1 Å². The summed E-state index contributed by atoms with van der Waals surface area (Å²) in [7, 11) is 1.77. The summed E-state index contributed by atoms with van der Waals surface area (Å²) in [5.74, 6) is 1.67. The summed E-state index contributed by atoms with van der Waals surface area (Å²) >= 11 is 1.37. The molecule has 4 aromatic rings. The van der Waals surface area contributed by atoms with Crippen LogP contribution in [0.1, 0.15) is 16.9 Å². The van der Waals surface area contributed by atoms with Crippen LogP contribution < -0.4 is 0 Å². The fraction of sp³-hybridized carbons (Fsp3) is 0.217. The minimum atomic E-state index is -0.0143. The highest BCUT2D eigenvalue weighted by Gasteiger charge is 2.20. The van der Waals surface area contributed by atoms with Gasteiger partial charge in [-0.3, -0.25) is 14.3 Å². The maximum absolute atomic E-state index is 12.7. The molecule has 0 saturated carbocycles. The molecular weight excluding hydrogens is 410 g/mol. The SMILES string of the molecule is Cc1ccc(-n2c(SCC(=O)N(C)Cc3ccco3)nnc2-c2cccnc2)c(C)c1. The molecule has 7 nitrogen and oxygen atoms in total. The number of furan rings is 1. The van der Waals surface area contributed by atoms with E-state index in [1.165, 1.54) is 17.3 Å². The summed E-state index contributed by atoms with van der Waals surface area (Å²) < 4.78 is 7.33. The van der Waals surface area contributed by atoms with Gasteiger partial charge < -0.3 is 9.32 Å². The fourth-order valence-electron chi connectivity index (χ4n) is 3.28. The van der Waals surface area contributed by atoms with Crippen molar-refractivity contribution in [1.82, 2.24) is 24.6 Å². The van der Waals surface area contributed by atoms with Gasteiger partial charge in [0, 0.05) is 25.0 Å². The van der Waals surface area contributed by atoms with E-state index >= 15 is 0 Å². The van der Waals surface area contributed by atoms with E-state index in [9.17, 15) is 4.79 Å². The molecule has 0 spiro atoms. The lowest BCUT2D eigenvalue weighted by molar-refractivity contribution is -0.127. The number of hydrogen-bond acceptors (Lipinski definition) is 6. The molecule has 1 aromatic carbocycles. The number of aryl methyl sites for hydroxylation is 2. The first kappa shape index (κ1) is 20.9. The molecule has 0 saturated heterocycles. The molecule has 0 aliphatic heterocycles. The Hall–Kier alpha value is -3.39. The van der Waals surface area contributed by atoms with Crippen LogP contribution in [0.15, 0.2) is 70.7 Å². The van der Waals surface area contributed by atoms with Crippen molar-refractivity contribution in [1.29, 1.82) is 0 Å². The van der Waals surface area contributed by atoms with E-state index in [4.69, 9.17) is 4.42 Å². The minimum Gasteiger partial charge on any atom is -0.467 e. The lowest BCUT2D eigenvalue weighted by Crippen LogP contribution is -2.27. The summed E-state index contributed by atoms with van der Waals surface area (Å²) in [6.45, 7) is 4.55. The number of thioether (sulfide) groups is 1. The molecule has 0 radical (unpaired) electrons. The zero-order valence-electron chi connectivity index (χ0n) is 17.6. The number of carbonyl (C=O) groups is 1. The van der Waals surface area contributed by atoms with Gasteiger partial charge in [-0.25, -0.2) is 0 Å². The first-order valence-corrected chi connectivity index (χ1v) is 10.8. The van der Waals surface area contributed by atoms with Gasteiger partial charge in [0.25, 0.3) is 0 Å².